The Labute approximate surface area is 204 Å². The topological polar surface area (TPSA) is 85.4 Å². The molecule has 0 bridgehead atoms. The monoisotopic (exact) mass is 473 g/mol. The van der Waals surface area contributed by atoms with Gasteiger partial charge in [-0.15, -0.1) is 0 Å². The van der Waals surface area contributed by atoms with Gasteiger partial charge in [-0.3, -0.25) is 4.68 Å². The number of aryl methyl sites for hydroxylation is 1. The second kappa shape index (κ2) is 9.19. The Hall–Kier alpha value is -3.65. The molecule has 35 heavy (non-hydrogen) atoms. The van der Waals surface area contributed by atoms with Gasteiger partial charge in [-0.05, 0) is 57.9 Å². The lowest BCUT2D eigenvalue weighted by atomic mass is 10.1. The molecule has 0 atom stereocenters. The van der Waals surface area contributed by atoms with Gasteiger partial charge in [0.2, 0.25) is 0 Å². The minimum atomic E-state index is -1.30. The minimum Gasteiger partial charge on any atom is -0.479 e. The Morgan fingerprint density at radius 1 is 1.09 bits per heavy atom. The molecule has 3 heterocycles. The highest BCUT2D eigenvalue weighted by atomic mass is 16.5. The van der Waals surface area contributed by atoms with Crippen molar-refractivity contribution in [3.8, 4) is 16.9 Å². The lowest BCUT2D eigenvalue weighted by molar-refractivity contribution is -0.162. The van der Waals surface area contributed by atoms with Crippen molar-refractivity contribution in [1.29, 1.82) is 0 Å². The summed E-state index contributed by atoms with van der Waals surface area (Å²) in [5.74, 6) is -1.00. The number of benzene rings is 2. The quantitative estimate of drug-likeness (QED) is 0.392. The van der Waals surface area contributed by atoms with E-state index in [1.807, 2.05) is 27.7 Å². The van der Waals surface area contributed by atoms with E-state index in [1.54, 1.807) is 13.8 Å². The molecule has 0 aliphatic carbocycles. The Balaban J connectivity index is 1.62. The highest BCUT2D eigenvalue weighted by Gasteiger charge is 2.29. The first-order valence-electron chi connectivity index (χ1n) is 12.1. The highest BCUT2D eigenvalue weighted by Crippen LogP contribution is 2.33. The van der Waals surface area contributed by atoms with Gasteiger partial charge < -0.3 is 14.7 Å². The number of anilines is 1. The molecule has 2 aromatic carbocycles. The van der Waals surface area contributed by atoms with E-state index >= 15 is 0 Å². The Morgan fingerprint density at radius 3 is 2.54 bits per heavy atom. The van der Waals surface area contributed by atoms with Gasteiger partial charge in [-0.25, -0.2) is 9.48 Å². The molecule has 182 valence electrons. The van der Waals surface area contributed by atoms with Crippen molar-refractivity contribution in [1.82, 2.24) is 19.6 Å². The maximum absolute atomic E-state index is 11.5. The predicted octanol–water partition coefficient (Wildman–Crippen LogP) is 4.89. The zero-order valence-electron chi connectivity index (χ0n) is 20.4. The van der Waals surface area contributed by atoms with E-state index < -0.39 is 11.6 Å². The van der Waals surface area contributed by atoms with Crippen molar-refractivity contribution < 1.29 is 14.6 Å². The van der Waals surface area contributed by atoms with Gasteiger partial charge >= 0.3 is 5.97 Å². The minimum absolute atomic E-state index is 0.0975. The van der Waals surface area contributed by atoms with E-state index in [0.29, 0.717) is 5.69 Å². The number of carboxylic acid groups (broad SMARTS) is 1. The third-order valence-corrected chi connectivity index (χ3v) is 6.65. The van der Waals surface area contributed by atoms with Gasteiger partial charge in [-0.2, -0.15) is 10.2 Å². The molecule has 1 N–H and O–H groups in total. The van der Waals surface area contributed by atoms with Crippen LogP contribution in [0.1, 0.15) is 39.3 Å². The van der Waals surface area contributed by atoms with E-state index in [2.05, 4.69) is 53.3 Å². The third-order valence-electron chi connectivity index (χ3n) is 6.65. The number of nitrogens with zero attached hydrogens (tertiary/aromatic N) is 5. The van der Waals surface area contributed by atoms with Crippen LogP contribution in [-0.4, -0.2) is 49.3 Å². The summed E-state index contributed by atoms with van der Waals surface area (Å²) < 4.78 is 9.69. The fourth-order valence-electron chi connectivity index (χ4n) is 4.56. The van der Waals surface area contributed by atoms with Crippen LogP contribution in [0.15, 0.2) is 54.7 Å². The predicted molar refractivity (Wildman–Crippen MR) is 136 cm³/mol. The molecule has 1 saturated heterocycles. The lowest BCUT2D eigenvalue weighted by Crippen LogP contribution is -2.34. The van der Waals surface area contributed by atoms with Crippen molar-refractivity contribution in [2.75, 3.05) is 18.0 Å². The molecular formula is C27H31N5O3. The number of aromatic nitrogens is 4. The van der Waals surface area contributed by atoms with Crippen LogP contribution in [-0.2, 0) is 22.7 Å². The summed E-state index contributed by atoms with van der Waals surface area (Å²) in [5, 5.41) is 19.9. The molecule has 8 heteroatoms. The maximum atomic E-state index is 11.5. The molecule has 0 spiro atoms. The summed E-state index contributed by atoms with van der Waals surface area (Å²) in [6.07, 6.45) is 4.25. The van der Waals surface area contributed by atoms with Crippen LogP contribution in [0.25, 0.3) is 27.8 Å². The van der Waals surface area contributed by atoms with Crippen LogP contribution >= 0.6 is 0 Å². The van der Waals surface area contributed by atoms with Crippen molar-refractivity contribution >= 4 is 22.6 Å². The Bertz CT molecular complexity index is 1360. The van der Waals surface area contributed by atoms with Crippen LogP contribution < -0.4 is 4.90 Å². The number of hydrogen-bond acceptors (Lipinski definition) is 5. The summed E-state index contributed by atoms with van der Waals surface area (Å²) in [5.41, 5.74) is 4.52. The fourth-order valence-corrected chi connectivity index (χ4v) is 4.56. The smallest absolute Gasteiger partial charge is 0.335 e. The summed E-state index contributed by atoms with van der Waals surface area (Å²) in [6.45, 7) is 8.12. The molecule has 0 amide bonds. The second-order valence-electron chi connectivity index (χ2n) is 9.45. The van der Waals surface area contributed by atoms with Crippen molar-refractivity contribution in [2.45, 2.75) is 52.4 Å². The van der Waals surface area contributed by atoms with Crippen LogP contribution in [0, 0.1) is 0 Å². The molecule has 0 saturated carbocycles. The number of ether oxygens (including phenoxy) is 1. The summed E-state index contributed by atoms with van der Waals surface area (Å²) >= 11 is 0. The standard InChI is InChI=1S/C27H31N5O3/c1-4-31-24-15-19(11-12-20(24)17-28-31)25-16-21(18-35-27(2,3)26(33)34)29-32(25)23-10-6-5-9-22(23)30-13-7-8-14-30/h5-6,9-12,15-17H,4,7-8,13-14,18H2,1-3H3,(H,33,34). The molecule has 4 aromatic rings. The summed E-state index contributed by atoms with van der Waals surface area (Å²) in [4.78, 5) is 13.9. The van der Waals surface area contributed by atoms with Crippen molar-refractivity contribution in [3.05, 3.63) is 60.4 Å². The van der Waals surface area contributed by atoms with Gasteiger partial charge in [0.25, 0.3) is 0 Å². The molecule has 0 radical (unpaired) electrons. The van der Waals surface area contributed by atoms with Gasteiger partial charge in [0, 0.05) is 30.6 Å². The van der Waals surface area contributed by atoms with E-state index in [4.69, 9.17) is 9.84 Å². The van der Waals surface area contributed by atoms with Gasteiger partial charge in [0.05, 0.1) is 41.1 Å². The molecule has 8 nitrogen and oxygen atoms in total. The fraction of sp³-hybridized carbons (Fsp3) is 0.370. The van der Waals surface area contributed by atoms with Crippen LogP contribution in [0.2, 0.25) is 0 Å². The highest BCUT2D eigenvalue weighted by molar-refractivity contribution is 5.84. The molecule has 1 aliphatic heterocycles. The second-order valence-corrected chi connectivity index (χ2v) is 9.45. The molecule has 2 aromatic heterocycles. The number of fused-ring (bicyclic) bond motifs is 1. The van der Waals surface area contributed by atoms with Gasteiger partial charge in [0.1, 0.15) is 0 Å². The summed E-state index contributed by atoms with van der Waals surface area (Å²) in [6, 6.07) is 16.6. The van der Waals surface area contributed by atoms with Gasteiger partial charge in [-0.1, -0.05) is 24.3 Å². The number of hydrogen-bond donors (Lipinski definition) is 1. The number of rotatable bonds is 8. The van der Waals surface area contributed by atoms with E-state index in [1.165, 1.54) is 12.8 Å². The average molecular weight is 474 g/mol. The number of aliphatic carboxylic acids is 1. The summed E-state index contributed by atoms with van der Waals surface area (Å²) in [7, 11) is 0. The SMILES string of the molecule is CCn1ncc2ccc(-c3cc(COC(C)(C)C(=O)O)nn3-c3ccccc3N3CCCC3)cc21. The van der Waals surface area contributed by atoms with Crippen LogP contribution in [0.5, 0.6) is 0 Å². The zero-order chi connectivity index (χ0) is 24.6. The van der Waals surface area contributed by atoms with Gasteiger partial charge in [0.15, 0.2) is 5.60 Å². The van der Waals surface area contributed by atoms with Crippen LogP contribution in [0.4, 0.5) is 5.69 Å². The zero-order valence-corrected chi connectivity index (χ0v) is 20.4. The van der Waals surface area contributed by atoms with E-state index in [0.717, 1.165) is 53.2 Å². The largest absolute Gasteiger partial charge is 0.479 e. The molecule has 0 unspecified atom stereocenters. The number of carbonyl (C=O) groups is 1. The average Bonchev–Trinajstić information content (AvgIpc) is 3.62. The Morgan fingerprint density at radius 2 is 1.83 bits per heavy atom. The molecule has 5 rings (SSSR count). The molecule has 1 fully saturated rings. The lowest BCUT2D eigenvalue weighted by Gasteiger charge is -2.22. The van der Waals surface area contributed by atoms with E-state index in [9.17, 15) is 9.90 Å². The first-order chi connectivity index (χ1) is 16.9. The van der Waals surface area contributed by atoms with E-state index in [-0.39, 0.29) is 6.61 Å². The molecular weight excluding hydrogens is 442 g/mol. The number of para-hydroxylation sites is 2. The number of carboxylic acids is 1. The first-order valence-corrected chi connectivity index (χ1v) is 12.1. The van der Waals surface area contributed by atoms with Crippen molar-refractivity contribution in [2.24, 2.45) is 0 Å². The molecule has 1 aliphatic rings. The van der Waals surface area contributed by atoms with Crippen LogP contribution in [0.3, 0.4) is 0 Å². The van der Waals surface area contributed by atoms with Crippen molar-refractivity contribution in [3.63, 3.8) is 0 Å². The normalized spacial score (nSPS) is 14.2. The Kier molecular flexibility index (Phi) is 6.06. The third kappa shape index (κ3) is 4.41. The first kappa shape index (κ1) is 23.1. The maximum Gasteiger partial charge on any atom is 0.335 e.